The van der Waals surface area contributed by atoms with Crippen molar-refractivity contribution in [2.75, 3.05) is 24.3 Å². The minimum atomic E-state index is -3.53. The van der Waals surface area contributed by atoms with Gasteiger partial charge in [0.2, 0.25) is 0 Å². The molecule has 0 bridgehead atoms. The van der Waals surface area contributed by atoms with Crippen LogP contribution in [-0.2, 0) is 9.84 Å². The Kier molecular flexibility index (Phi) is 4.70. The first-order valence-corrected chi connectivity index (χ1v) is 8.21. The lowest BCUT2D eigenvalue weighted by Crippen LogP contribution is -2.15. The van der Waals surface area contributed by atoms with Gasteiger partial charge in [-0.1, -0.05) is 6.92 Å². The van der Waals surface area contributed by atoms with Crippen LogP contribution in [0.1, 0.15) is 13.3 Å². The van der Waals surface area contributed by atoms with Crippen LogP contribution in [0.25, 0.3) is 0 Å². The summed E-state index contributed by atoms with van der Waals surface area (Å²) < 4.78 is 34.5. The van der Waals surface area contributed by atoms with Gasteiger partial charge in [-0.05, 0) is 18.6 Å². The number of hydrogen-bond donors (Lipinski definition) is 1. The van der Waals surface area contributed by atoms with Crippen molar-refractivity contribution in [3.8, 4) is 17.6 Å². The van der Waals surface area contributed by atoms with E-state index in [0.29, 0.717) is 36.8 Å². The zero-order chi connectivity index (χ0) is 15.3. The molecule has 1 heterocycles. The summed E-state index contributed by atoms with van der Waals surface area (Å²) in [6, 6.07) is 6.88. The van der Waals surface area contributed by atoms with E-state index in [1.54, 1.807) is 31.2 Å². The van der Waals surface area contributed by atoms with E-state index < -0.39 is 9.84 Å². The standard InChI is InChI=1S/C14H16N2O4S/c1-2-7-21(17,18)12(9-15)10-16-11-3-4-13-14(8-11)20-6-5-19-13/h3-4,8,10,16H,2,5-7H2,1H3/b12-10-. The number of ether oxygens (including phenoxy) is 2. The van der Waals surface area contributed by atoms with Crippen LogP contribution in [0.4, 0.5) is 5.69 Å². The van der Waals surface area contributed by atoms with Crippen molar-refractivity contribution in [3.63, 3.8) is 0 Å². The second kappa shape index (κ2) is 6.50. The fourth-order valence-electron chi connectivity index (χ4n) is 1.85. The molecule has 6 nitrogen and oxygen atoms in total. The van der Waals surface area contributed by atoms with Crippen molar-refractivity contribution >= 4 is 15.5 Å². The fourth-order valence-corrected chi connectivity index (χ4v) is 2.99. The van der Waals surface area contributed by atoms with Crippen molar-refractivity contribution in [3.05, 3.63) is 29.3 Å². The van der Waals surface area contributed by atoms with Crippen LogP contribution in [0.5, 0.6) is 11.5 Å². The van der Waals surface area contributed by atoms with Gasteiger partial charge in [0.25, 0.3) is 0 Å². The number of rotatable bonds is 5. The van der Waals surface area contributed by atoms with Crippen LogP contribution in [0.2, 0.25) is 0 Å². The highest BCUT2D eigenvalue weighted by Crippen LogP contribution is 2.32. The molecule has 112 valence electrons. The predicted octanol–water partition coefficient (Wildman–Crippen LogP) is 2.06. The van der Waals surface area contributed by atoms with Gasteiger partial charge < -0.3 is 14.8 Å². The van der Waals surface area contributed by atoms with E-state index >= 15 is 0 Å². The third-order valence-corrected chi connectivity index (χ3v) is 4.66. The van der Waals surface area contributed by atoms with Crippen molar-refractivity contribution in [2.45, 2.75) is 13.3 Å². The fraction of sp³-hybridized carbons (Fsp3) is 0.357. The summed E-state index contributed by atoms with van der Waals surface area (Å²) in [5.41, 5.74) is 0.624. The first kappa shape index (κ1) is 15.2. The number of nitrogens with zero attached hydrogens (tertiary/aromatic N) is 1. The smallest absolute Gasteiger partial charge is 0.189 e. The Morgan fingerprint density at radius 1 is 1.38 bits per heavy atom. The van der Waals surface area contributed by atoms with E-state index in [1.807, 2.05) is 0 Å². The zero-order valence-electron chi connectivity index (χ0n) is 11.6. The molecule has 0 spiro atoms. The lowest BCUT2D eigenvalue weighted by atomic mass is 10.2. The third kappa shape index (κ3) is 3.67. The van der Waals surface area contributed by atoms with E-state index in [2.05, 4.69) is 5.32 Å². The molecule has 2 rings (SSSR count). The number of nitrogens with one attached hydrogen (secondary N) is 1. The van der Waals surface area contributed by atoms with Crippen LogP contribution in [0.15, 0.2) is 29.3 Å². The molecule has 0 saturated heterocycles. The van der Waals surface area contributed by atoms with E-state index in [9.17, 15) is 8.42 Å². The largest absolute Gasteiger partial charge is 0.486 e. The molecule has 1 N–H and O–H groups in total. The normalized spacial score (nSPS) is 14.4. The van der Waals surface area contributed by atoms with E-state index in [0.717, 1.165) is 0 Å². The number of anilines is 1. The summed E-state index contributed by atoms with van der Waals surface area (Å²) in [5.74, 6) is 1.19. The average Bonchev–Trinajstić information content (AvgIpc) is 2.47. The summed E-state index contributed by atoms with van der Waals surface area (Å²) in [7, 11) is -3.53. The lowest BCUT2D eigenvalue weighted by Gasteiger charge is -2.18. The van der Waals surface area contributed by atoms with Gasteiger partial charge in [-0.25, -0.2) is 8.42 Å². The number of allylic oxidation sites excluding steroid dienone is 1. The molecule has 0 atom stereocenters. The molecule has 21 heavy (non-hydrogen) atoms. The van der Waals surface area contributed by atoms with Crippen LogP contribution >= 0.6 is 0 Å². The monoisotopic (exact) mass is 308 g/mol. The molecule has 0 saturated carbocycles. The molecule has 0 radical (unpaired) electrons. The summed E-state index contributed by atoms with van der Waals surface area (Å²) in [5, 5.41) is 11.8. The van der Waals surface area contributed by atoms with Gasteiger partial charge in [-0.3, -0.25) is 0 Å². The second-order valence-corrected chi connectivity index (χ2v) is 6.52. The molecule has 1 aliphatic rings. The molecule has 0 aliphatic carbocycles. The van der Waals surface area contributed by atoms with Gasteiger partial charge in [0.15, 0.2) is 26.2 Å². The number of nitriles is 1. The van der Waals surface area contributed by atoms with Gasteiger partial charge in [0.1, 0.15) is 19.3 Å². The van der Waals surface area contributed by atoms with Gasteiger partial charge in [0, 0.05) is 18.0 Å². The Morgan fingerprint density at radius 2 is 2.10 bits per heavy atom. The molecule has 0 fully saturated rings. The number of fused-ring (bicyclic) bond motifs is 1. The van der Waals surface area contributed by atoms with Crippen molar-refractivity contribution < 1.29 is 17.9 Å². The summed E-state index contributed by atoms with van der Waals surface area (Å²) >= 11 is 0. The molecule has 0 amide bonds. The van der Waals surface area contributed by atoms with Crippen molar-refractivity contribution in [1.82, 2.24) is 0 Å². The number of sulfone groups is 1. The SMILES string of the molecule is CCCS(=O)(=O)/C(C#N)=C\Nc1ccc2c(c1)OCCO2. The van der Waals surface area contributed by atoms with Crippen LogP contribution in [0.3, 0.4) is 0 Å². The molecular formula is C14H16N2O4S. The molecule has 0 aromatic heterocycles. The molecule has 1 aromatic carbocycles. The Hall–Kier alpha value is -2.20. The maximum absolute atomic E-state index is 11.8. The van der Waals surface area contributed by atoms with Crippen LogP contribution in [-0.4, -0.2) is 27.4 Å². The molecule has 7 heteroatoms. The van der Waals surface area contributed by atoms with Crippen LogP contribution in [0, 0.1) is 11.3 Å². The lowest BCUT2D eigenvalue weighted by molar-refractivity contribution is 0.171. The molecular weight excluding hydrogens is 292 g/mol. The van der Waals surface area contributed by atoms with Gasteiger partial charge in [-0.2, -0.15) is 5.26 Å². The van der Waals surface area contributed by atoms with Gasteiger partial charge in [-0.15, -0.1) is 0 Å². The third-order valence-electron chi connectivity index (χ3n) is 2.83. The van der Waals surface area contributed by atoms with Crippen LogP contribution < -0.4 is 14.8 Å². The van der Waals surface area contributed by atoms with Gasteiger partial charge >= 0.3 is 0 Å². The zero-order valence-corrected chi connectivity index (χ0v) is 12.4. The predicted molar refractivity (Wildman–Crippen MR) is 78.8 cm³/mol. The summed E-state index contributed by atoms with van der Waals surface area (Å²) in [4.78, 5) is -0.278. The first-order chi connectivity index (χ1) is 10.1. The maximum Gasteiger partial charge on any atom is 0.189 e. The number of benzene rings is 1. The van der Waals surface area contributed by atoms with E-state index in [1.165, 1.54) is 6.20 Å². The Balaban J connectivity index is 2.18. The minimum absolute atomic E-state index is 0.0464. The first-order valence-electron chi connectivity index (χ1n) is 6.56. The minimum Gasteiger partial charge on any atom is -0.486 e. The quantitative estimate of drug-likeness (QED) is 0.838. The van der Waals surface area contributed by atoms with Crippen molar-refractivity contribution in [2.24, 2.45) is 0 Å². The maximum atomic E-state index is 11.8. The average molecular weight is 308 g/mol. The number of hydrogen-bond acceptors (Lipinski definition) is 6. The van der Waals surface area contributed by atoms with Crippen molar-refractivity contribution in [1.29, 1.82) is 5.26 Å². The summed E-state index contributed by atoms with van der Waals surface area (Å²) in [6.45, 7) is 2.73. The Labute approximate surface area is 123 Å². The molecule has 0 unspecified atom stereocenters. The van der Waals surface area contributed by atoms with E-state index in [-0.39, 0.29) is 10.7 Å². The topological polar surface area (TPSA) is 88.4 Å². The van der Waals surface area contributed by atoms with E-state index in [4.69, 9.17) is 14.7 Å². The molecule has 1 aromatic rings. The molecule has 1 aliphatic heterocycles. The highest BCUT2D eigenvalue weighted by Gasteiger charge is 2.16. The second-order valence-electron chi connectivity index (χ2n) is 4.44. The Morgan fingerprint density at radius 3 is 2.76 bits per heavy atom. The summed E-state index contributed by atoms with van der Waals surface area (Å²) in [6.07, 6.45) is 1.67. The highest BCUT2D eigenvalue weighted by atomic mass is 32.2. The van der Waals surface area contributed by atoms with Gasteiger partial charge in [0.05, 0.1) is 5.75 Å². The Bertz CT molecular complexity index is 689. The highest BCUT2D eigenvalue weighted by molar-refractivity contribution is 7.95.